The van der Waals surface area contributed by atoms with E-state index >= 15 is 0 Å². The van der Waals surface area contributed by atoms with E-state index in [0.717, 1.165) is 17.9 Å². The molecule has 1 aliphatic heterocycles. The van der Waals surface area contributed by atoms with Gasteiger partial charge >= 0.3 is 0 Å². The van der Waals surface area contributed by atoms with Crippen LogP contribution in [0.25, 0.3) is 0 Å². The summed E-state index contributed by atoms with van der Waals surface area (Å²) < 4.78 is 5.09. The maximum Gasteiger partial charge on any atom is 0.227 e. The third-order valence-electron chi connectivity index (χ3n) is 3.49. The third-order valence-corrected chi connectivity index (χ3v) is 3.76. The Hall–Kier alpha value is -1.75. The molecule has 1 aromatic rings. The van der Waals surface area contributed by atoms with Crippen molar-refractivity contribution in [2.75, 3.05) is 31.0 Å². The summed E-state index contributed by atoms with van der Waals surface area (Å²) in [7, 11) is 1.59. The average Bonchev–Trinajstić information content (AvgIpc) is 2.89. The summed E-state index contributed by atoms with van der Waals surface area (Å²) in [5.74, 6) is 0.847. The topological polar surface area (TPSA) is 58.6 Å². The highest BCUT2D eigenvalue weighted by molar-refractivity contribution is 6.17. The minimum Gasteiger partial charge on any atom is -0.497 e. The van der Waals surface area contributed by atoms with Gasteiger partial charge in [-0.05, 0) is 30.7 Å². The van der Waals surface area contributed by atoms with Crippen LogP contribution in [0.5, 0.6) is 5.75 Å². The summed E-state index contributed by atoms with van der Waals surface area (Å²) >= 11 is 5.57. The first-order valence-electron chi connectivity index (χ1n) is 6.93. The molecule has 0 saturated carbocycles. The lowest BCUT2D eigenvalue weighted by Gasteiger charge is -2.17. The molecule has 0 radical (unpaired) electrons. The molecule has 0 unspecified atom stereocenters. The molecule has 1 aromatic carbocycles. The number of methoxy groups -OCH3 is 1. The number of benzene rings is 1. The lowest BCUT2D eigenvalue weighted by Crippen LogP contribution is -2.33. The summed E-state index contributed by atoms with van der Waals surface area (Å²) in [6.07, 6.45) is 0.981. The summed E-state index contributed by atoms with van der Waals surface area (Å²) in [6, 6.07) is 7.25. The van der Waals surface area contributed by atoms with Crippen molar-refractivity contribution in [3.05, 3.63) is 24.3 Å². The number of rotatable bonds is 6. The van der Waals surface area contributed by atoms with Crippen molar-refractivity contribution < 1.29 is 14.3 Å². The maximum absolute atomic E-state index is 12.1. The number of hydrogen-bond acceptors (Lipinski definition) is 3. The van der Waals surface area contributed by atoms with Crippen LogP contribution >= 0.6 is 11.6 Å². The molecule has 114 valence electrons. The fourth-order valence-electron chi connectivity index (χ4n) is 2.32. The Bertz CT molecular complexity index is 504. The lowest BCUT2D eigenvalue weighted by atomic mass is 10.1. The first-order chi connectivity index (χ1) is 10.2. The summed E-state index contributed by atoms with van der Waals surface area (Å²) in [5, 5.41) is 2.81. The van der Waals surface area contributed by atoms with Gasteiger partial charge < -0.3 is 15.0 Å². The summed E-state index contributed by atoms with van der Waals surface area (Å²) in [4.78, 5) is 25.7. The average molecular weight is 311 g/mol. The normalized spacial score (nSPS) is 17.9. The molecule has 21 heavy (non-hydrogen) atoms. The Morgan fingerprint density at radius 3 is 2.76 bits per heavy atom. The molecule has 1 atom stereocenters. The monoisotopic (exact) mass is 310 g/mol. The lowest BCUT2D eigenvalue weighted by molar-refractivity contribution is -0.126. The smallest absolute Gasteiger partial charge is 0.227 e. The van der Waals surface area contributed by atoms with E-state index in [1.54, 1.807) is 24.1 Å². The number of nitrogens with zero attached hydrogens (tertiary/aromatic N) is 1. The fourth-order valence-corrected chi connectivity index (χ4v) is 2.45. The third kappa shape index (κ3) is 3.88. The predicted molar refractivity (Wildman–Crippen MR) is 81.8 cm³/mol. The van der Waals surface area contributed by atoms with Crippen molar-refractivity contribution in [3.8, 4) is 5.75 Å². The van der Waals surface area contributed by atoms with Gasteiger partial charge in [0.05, 0.1) is 13.0 Å². The van der Waals surface area contributed by atoms with Crippen molar-refractivity contribution >= 4 is 29.1 Å². The van der Waals surface area contributed by atoms with Crippen molar-refractivity contribution in [3.63, 3.8) is 0 Å². The van der Waals surface area contributed by atoms with Crippen molar-refractivity contribution in [1.82, 2.24) is 5.32 Å². The van der Waals surface area contributed by atoms with Crippen LogP contribution in [-0.4, -0.2) is 37.9 Å². The van der Waals surface area contributed by atoms with Gasteiger partial charge in [0.25, 0.3) is 0 Å². The zero-order valence-corrected chi connectivity index (χ0v) is 12.7. The molecule has 6 heteroatoms. The van der Waals surface area contributed by atoms with E-state index in [9.17, 15) is 9.59 Å². The molecule has 2 amide bonds. The first kappa shape index (κ1) is 15.6. The van der Waals surface area contributed by atoms with Crippen molar-refractivity contribution in [1.29, 1.82) is 0 Å². The van der Waals surface area contributed by atoms with E-state index in [1.807, 2.05) is 12.1 Å². The second kappa shape index (κ2) is 7.31. The Labute approximate surface area is 129 Å². The van der Waals surface area contributed by atoms with Crippen molar-refractivity contribution in [2.24, 2.45) is 5.92 Å². The molecule has 0 bridgehead atoms. The van der Waals surface area contributed by atoms with E-state index in [4.69, 9.17) is 16.3 Å². The molecule has 5 nitrogen and oxygen atoms in total. The van der Waals surface area contributed by atoms with Gasteiger partial charge in [0.15, 0.2) is 0 Å². The van der Waals surface area contributed by atoms with Gasteiger partial charge in [0.2, 0.25) is 11.8 Å². The van der Waals surface area contributed by atoms with Crippen LogP contribution in [0.15, 0.2) is 24.3 Å². The van der Waals surface area contributed by atoms with Crippen LogP contribution in [0.3, 0.4) is 0 Å². The number of halogens is 1. The molecule has 1 fully saturated rings. The van der Waals surface area contributed by atoms with Gasteiger partial charge in [-0.3, -0.25) is 9.59 Å². The fraction of sp³-hybridized carbons (Fsp3) is 0.467. The minimum atomic E-state index is -0.296. The number of anilines is 1. The standard InChI is InChI=1S/C15H19ClN2O3/c1-21-13-5-3-12(4-6-13)18-10-11(9-14(18)19)15(20)17-8-2-7-16/h3-6,11H,2,7-10H2,1H3,(H,17,20)/t11-/m0/s1. The second-order valence-electron chi connectivity index (χ2n) is 4.94. The molecule has 0 spiro atoms. The van der Waals surface area contributed by atoms with Gasteiger partial charge in [-0.15, -0.1) is 11.6 Å². The van der Waals surface area contributed by atoms with E-state index in [-0.39, 0.29) is 24.2 Å². The molecule has 1 heterocycles. The van der Waals surface area contributed by atoms with Crippen molar-refractivity contribution in [2.45, 2.75) is 12.8 Å². The predicted octanol–water partition coefficient (Wildman–Crippen LogP) is 1.79. The van der Waals surface area contributed by atoms with Crippen LogP contribution < -0.4 is 15.0 Å². The Morgan fingerprint density at radius 2 is 2.14 bits per heavy atom. The van der Waals surface area contributed by atoms with Gasteiger partial charge in [0, 0.05) is 31.1 Å². The number of nitrogens with one attached hydrogen (secondary N) is 1. The maximum atomic E-state index is 12.1. The van der Waals surface area contributed by atoms with Crippen LogP contribution in [0.4, 0.5) is 5.69 Å². The number of alkyl halides is 1. The highest BCUT2D eigenvalue weighted by Crippen LogP contribution is 2.26. The van der Waals surface area contributed by atoms with E-state index in [1.165, 1.54) is 0 Å². The molecule has 1 saturated heterocycles. The largest absolute Gasteiger partial charge is 0.497 e. The molecular formula is C15H19ClN2O3. The summed E-state index contributed by atoms with van der Waals surface area (Å²) in [6.45, 7) is 0.966. The highest BCUT2D eigenvalue weighted by Gasteiger charge is 2.34. The number of amides is 2. The van der Waals surface area contributed by atoms with Gasteiger partial charge in [-0.1, -0.05) is 0 Å². The molecule has 0 aromatic heterocycles. The summed E-state index contributed by atoms with van der Waals surface area (Å²) in [5.41, 5.74) is 0.789. The van der Waals surface area contributed by atoms with Crippen LogP contribution in [0.1, 0.15) is 12.8 Å². The van der Waals surface area contributed by atoms with Gasteiger partial charge in [-0.2, -0.15) is 0 Å². The van der Waals surface area contributed by atoms with E-state index in [0.29, 0.717) is 19.0 Å². The first-order valence-corrected chi connectivity index (χ1v) is 7.47. The molecule has 2 rings (SSSR count). The van der Waals surface area contributed by atoms with Gasteiger partial charge in [-0.25, -0.2) is 0 Å². The number of hydrogen-bond donors (Lipinski definition) is 1. The number of carbonyl (C=O) groups excluding carboxylic acids is 2. The minimum absolute atomic E-state index is 0.0299. The zero-order valence-electron chi connectivity index (χ0n) is 12.0. The molecule has 1 aliphatic rings. The van der Waals surface area contributed by atoms with E-state index < -0.39 is 0 Å². The Balaban J connectivity index is 1.96. The number of ether oxygens (including phenoxy) is 1. The molecule has 1 N–H and O–H groups in total. The van der Waals surface area contributed by atoms with Crippen LogP contribution in [0, 0.1) is 5.92 Å². The Kier molecular flexibility index (Phi) is 5.44. The second-order valence-corrected chi connectivity index (χ2v) is 5.31. The number of carbonyl (C=O) groups is 2. The Morgan fingerprint density at radius 1 is 1.43 bits per heavy atom. The van der Waals surface area contributed by atoms with E-state index in [2.05, 4.69) is 5.32 Å². The SMILES string of the molecule is COc1ccc(N2C[C@@H](C(=O)NCCCCl)CC2=O)cc1. The van der Waals surface area contributed by atoms with Gasteiger partial charge in [0.1, 0.15) is 5.75 Å². The zero-order chi connectivity index (χ0) is 15.2. The molecule has 0 aliphatic carbocycles. The quantitative estimate of drug-likeness (QED) is 0.644. The highest BCUT2D eigenvalue weighted by atomic mass is 35.5. The van der Waals surface area contributed by atoms with Crippen LogP contribution in [0.2, 0.25) is 0 Å². The molecular weight excluding hydrogens is 292 g/mol. The van der Waals surface area contributed by atoms with Crippen LogP contribution in [-0.2, 0) is 9.59 Å².